The standard InChI is InChI=1S/C22H25N3O4S2/c1-14-7-6-8-15(2)21(14)24-20(26)11-30-22-23-16-12-31(27,28)13-18(16)25(22)17-9-4-5-10-19(17)29-3/h4-10,16,18H,11-13H2,1-3H3,(H,24,26). The van der Waals surface area contributed by atoms with E-state index in [0.29, 0.717) is 10.9 Å². The molecule has 2 aliphatic heterocycles. The average molecular weight is 460 g/mol. The molecule has 0 bridgehead atoms. The second kappa shape index (κ2) is 8.55. The van der Waals surface area contributed by atoms with E-state index in [4.69, 9.17) is 4.74 Å². The monoisotopic (exact) mass is 459 g/mol. The Kier molecular flexibility index (Phi) is 5.98. The van der Waals surface area contributed by atoms with Gasteiger partial charge in [0.2, 0.25) is 5.91 Å². The van der Waals surface area contributed by atoms with E-state index in [1.54, 1.807) is 7.11 Å². The highest BCUT2D eigenvalue weighted by atomic mass is 32.2. The summed E-state index contributed by atoms with van der Waals surface area (Å²) in [7, 11) is -1.57. The average Bonchev–Trinajstić information content (AvgIpc) is 3.20. The number of amidine groups is 1. The van der Waals surface area contributed by atoms with Gasteiger partial charge in [-0.15, -0.1) is 0 Å². The topological polar surface area (TPSA) is 88.1 Å². The SMILES string of the molecule is COc1ccccc1N1C(SCC(=O)Nc2c(C)cccc2C)=NC2CS(=O)(=O)CC21. The molecule has 0 aromatic heterocycles. The Morgan fingerprint density at radius 3 is 2.58 bits per heavy atom. The lowest BCUT2D eigenvalue weighted by atomic mass is 10.1. The number of sulfone groups is 1. The molecule has 0 saturated carbocycles. The molecule has 0 aliphatic carbocycles. The summed E-state index contributed by atoms with van der Waals surface area (Å²) in [6, 6.07) is 12.7. The molecule has 2 atom stereocenters. The number of carbonyl (C=O) groups is 1. The van der Waals surface area contributed by atoms with Crippen molar-refractivity contribution in [3.63, 3.8) is 0 Å². The van der Waals surface area contributed by atoms with Gasteiger partial charge in [-0.25, -0.2) is 8.42 Å². The lowest BCUT2D eigenvalue weighted by molar-refractivity contribution is -0.113. The molecule has 2 aromatic carbocycles. The highest BCUT2D eigenvalue weighted by Crippen LogP contribution is 2.39. The van der Waals surface area contributed by atoms with E-state index < -0.39 is 9.84 Å². The summed E-state index contributed by atoms with van der Waals surface area (Å²) < 4.78 is 29.9. The van der Waals surface area contributed by atoms with Crippen molar-refractivity contribution in [1.82, 2.24) is 0 Å². The van der Waals surface area contributed by atoms with E-state index in [1.807, 2.05) is 61.2 Å². The minimum absolute atomic E-state index is 0.0297. The van der Waals surface area contributed by atoms with Crippen LogP contribution in [0.15, 0.2) is 47.5 Å². The van der Waals surface area contributed by atoms with E-state index >= 15 is 0 Å². The number of thioether (sulfide) groups is 1. The van der Waals surface area contributed by atoms with Gasteiger partial charge in [0.05, 0.1) is 42.1 Å². The van der Waals surface area contributed by atoms with E-state index in [9.17, 15) is 13.2 Å². The molecular formula is C22H25N3O4S2. The van der Waals surface area contributed by atoms with Crippen LogP contribution in [-0.2, 0) is 14.6 Å². The number of para-hydroxylation sites is 3. The fourth-order valence-corrected chi connectivity index (χ4v) is 6.82. The van der Waals surface area contributed by atoms with Gasteiger partial charge in [0, 0.05) is 5.69 Å². The number of aliphatic imine (C=N–C) groups is 1. The fraction of sp³-hybridized carbons (Fsp3) is 0.364. The third kappa shape index (κ3) is 4.43. The molecule has 9 heteroatoms. The summed E-state index contributed by atoms with van der Waals surface area (Å²) in [5, 5.41) is 3.63. The number of aryl methyl sites for hydroxylation is 2. The van der Waals surface area contributed by atoms with Crippen molar-refractivity contribution in [1.29, 1.82) is 0 Å². The molecule has 2 aromatic rings. The summed E-state index contributed by atoms with van der Waals surface area (Å²) in [5.41, 5.74) is 3.60. The van der Waals surface area contributed by atoms with E-state index in [0.717, 1.165) is 22.5 Å². The Bertz CT molecular complexity index is 1130. The predicted octanol–water partition coefficient (Wildman–Crippen LogP) is 3.03. The number of nitrogens with zero attached hydrogens (tertiary/aromatic N) is 2. The highest BCUT2D eigenvalue weighted by Gasteiger charge is 2.47. The maximum absolute atomic E-state index is 12.7. The second-order valence-electron chi connectivity index (χ2n) is 7.77. The molecule has 2 aliphatic rings. The van der Waals surface area contributed by atoms with Crippen LogP contribution in [0.25, 0.3) is 0 Å². The maximum atomic E-state index is 12.7. The quantitative estimate of drug-likeness (QED) is 0.740. The van der Waals surface area contributed by atoms with Crippen LogP contribution in [-0.4, -0.2) is 55.9 Å². The van der Waals surface area contributed by atoms with Crippen molar-refractivity contribution in [2.24, 2.45) is 4.99 Å². The number of anilines is 2. The number of benzene rings is 2. The van der Waals surface area contributed by atoms with Crippen molar-refractivity contribution in [2.75, 3.05) is 34.6 Å². The molecule has 2 heterocycles. The van der Waals surface area contributed by atoms with Gasteiger partial charge >= 0.3 is 0 Å². The summed E-state index contributed by atoms with van der Waals surface area (Å²) in [6.07, 6.45) is 0. The van der Waals surface area contributed by atoms with Crippen molar-refractivity contribution < 1.29 is 17.9 Å². The molecule has 7 nitrogen and oxygen atoms in total. The van der Waals surface area contributed by atoms with Crippen molar-refractivity contribution >= 4 is 44.0 Å². The van der Waals surface area contributed by atoms with E-state index in [1.165, 1.54) is 11.8 Å². The van der Waals surface area contributed by atoms with Crippen LogP contribution in [0, 0.1) is 13.8 Å². The number of carbonyl (C=O) groups excluding carboxylic acids is 1. The molecule has 2 unspecified atom stereocenters. The van der Waals surface area contributed by atoms with Crippen LogP contribution in [0.4, 0.5) is 11.4 Å². The zero-order valence-corrected chi connectivity index (χ0v) is 19.3. The first-order valence-electron chi connectivity index (χ1n) is 9.98. The Labute approximate surface area is 186 Å². The summed E-state index contributed by atoms with van der Waals surface area (Å²) in [5.74, 6) is 0.750. The van der Waals surface area contributed by atoms with Crippen molar-refractivity contribution in [2.45, 2.75) is 25.9 Å². The second-order valence-corrected chi connectivity index (χ2v) is 10.9. The number of rotatable bonds is 5. The van der Waals surface area contributed by atoms with Gasteiger partial charge in [-0.3, -0.25) is 9.79 Å². The molecule has 1 saturated heterocycles. The number of hydrogen-bond donors (Lipinski definition) is 1. The van der Waals surface area contributed by atoms with Crippen LogP contribution in [0.3, 0.4) is 0 Å². The van der Waals surface area contributed by atoms with Gasteiger partial charge in [-0.2, -0.15) is 0 Å². The molecule has 31 heavy (non-hydrogen) atoms. The lowest BCUT2D eigenvalue weighted by Gasteiger charge is -2.27. The van der Waals surface area contributed by atoms with E-state index in [2.05, 4.69) is 10.3 Å². The van der Waals surface area contributed by atoms with Crippen molar-refractivity contribution in [3.8, 4) is 5.75 Å². The van der Waals surface area contributed by atoms with Crippen molar-refractivity contribution in [3.05, 3.63) is 53.6 Å². The molecule has 0 spiro atoms. The number of nitrogens with one attached hydrogen (secondary N) is 1. The molecule has 164 valence electrons. The smallest absolute Gasteiger partial charge is 0.234 e. The number of fused-ring (bicyclic) bond motifs is 1. The fourth-order valence-electron chi connectivity index (χ4n) is 4.06. The zero-order chi connectivity index (χ0) is 22.2. The maximum Gasteiger partial charge on any atom is 0.234 e. The minimum atomic E-state index is -3.15. The normalized spacial score (nSPS) is 21.5. The number of methoxy groups -OCH3 is 1. The van der Waals surface area contributed by atoms with Gasteiger partial charge in [-0.05, 0) is 37.1 Å². The van der Waals surface area contributed by atoms with Gasteiger partial charge in [0.15, 0.2) is 15.0 Å². The van der Waals surface area contributed by atoms with Gasteiger partial charge in [0.1, 0.15) is 5.75 Å². The largest absolute Gasteiger partial charge is 0.495 e. The number of ether oxygens (including phenoxy) is 1. The first kappa shape index (κ1) is 21.7. The van der Waals surface area contributed by atoms with Crippen LogP contribution >= 0.6 is 11.8 Å². The van der Waals surface area contributed by atoms with Crippen LogP contribution in [0.1, 0.15) is 11.1 Å². The molecule has 0 radical (unpaired) electrons. The summed E-state index contributed by atoms with van der Waals surface area (Å²) in [6.45, 7) is 3.92. The zero-order valence-electron chi connectivity index (χ0n) is 17.7. The molecule has 1 amide bonds. The minimum Gasteiger partial charge on any atom is -0.495 e. The predicted molar refractivity (Wildman–Crippen MR) is 126 cm³/mol. The van der Waals surface area contributed by atoms with Gasteiger partial charge in [-0.1, -0.05) is 42.1 Å². The lowest BCUT2D eigenvalue weighted by Crippen LogP contribution is -2.39. The third-order valence-electron chi connectivity index (χ3n) is 5.53. The molecule has 1 N–H and O–H groups in total. The first-order valence-corrected chi connectivity index (χ1v) is 12.8. The summed E-state index contributed by atoms with van der Waals surface area (Å²) >= 11 is 1.32. The van der Waals surface area contributed by atoms with E-state index in [-0.39, 0.29) is 35.2 Å². The van der Waals surface area contributed by atoms with Gasteiger partial charge < -0.3 is 15.0 Å². The molecule has 1 fully saturated rings. The first-order chi connectivity index (χ1) is 14.8. The number of amides is 1. The Morgan fingerprint density at radius 2 is 1.87 bits per heavy atom. The number of hydrogen-bond acceptors (Lipinski definition) is 7. The van der Waals surface area contributed by atoms with Gasteiger partial charge in [0.25, 0.3) is 0 Å². The highest BCUT2D eigenvalue weighted by molar-refractivity contribution is 8.14. The summed E-state index contributed by atoms with van der Waals surface area (Å²) in [4.78, 5) is 19.3. The Balaban J connectivity index is 1.55. The van der Waals surface area contributed by atoms with Crippen LogP contribution in [0.5, 0.6) is 5.75 Å². The van der Waals surface area contributed by atoms with Crippen LogP contribution < -0.4 is 15.0 Å². The Morgan fingerprint density at radius 1 is 1.16 bits per heavy atom. The molecule has 4 rings (SSSR count). The van der Waals surface area contributed by atoms with Crippen LogP contribution in [0.2, 0.25) is 0 Å². The third-order valence-corrected chi connectivity index (χ3v) is 8.20. The Hall–Kier alpha value is -2.52. The molecular weight excluding hydrogens is 434 g/mol.